The number of hydrogen-bond acceptors (Lipinski definition) is 3. The fourth-order valence-corrected chi connectivity index (χ4v) is 0.933. The van der Waals surface area contributed by atoms with Crippen LogP contribution in [0.15, 0.2) is 18.3 Å². The molecule has 0 saturated heterocycles. The van der Waals surface area contributed by atoms with Crippen molar-refractivity contribution >= 4 is 0 Å². The highest BCUT2D eigenvalue weighted by molar-refractivity contribution is 5.20. The monoisotopic (exact) mass is 184 g/mol. The van der Waals surface area contributed by atoms with E-state index in [-0.39, 0.29) is 0 Å². The Morgan fingerprint density at radius 1 is 1.62 bits per heavy atom. The van der Waals surface area contributed by atoms with Crippen LogP contribution in [0.1, 0.15) is 18.5 Å². The molecule has 0 saturated carbocycles. The molecule has 1 aromatic heterocycles. The average molecular weight is 184 g/mol. The number of alkyl halides is 1. The molecule has 1 atom stereocenters. The number of ether oxygens (including phenoxy) is 1. The van der Waals surface area contributed by atoms with Gasteiger partial charge in [-0.05, 0) is 12.5 Å². The molecule has 2 N–H and O–H groups in total. The minimum atomic E-state index is -0.580. The Balaban J connectivity index is 2.69. The summed E-state index contributed by atoms with van der Waals surface area (Å²) in [6.45, 7) is 1.88. The molecule has 72 valence electrons. The summed E-state index contributed by atoms with van der Waals surface area (Å²) in [5.74, 6) is 0.539. The summed E-state index contributed by atoms with van der Waals surface area (Å²) in [7, 11) is 0. The molecule has 3 nitrogen and oxygen atoms in total. The van der Waals surface area contributed by atoms with Crippen LogP contribution in [-0.4, -0.2) is 18.3 Å². The molecule has 1 aromatic rings. The number of aromatic nitrogens is 1. The van der Waals surface area contributed by atoms with Gasteiger partial charge in [-0.1, -0.05) is 6.07 Å². The molecule has 0 fully saturated rings. The highest BCUT2D eigenvalue weighted by atomic mass is 19.1. The van der Waals surface area contributed by atoms with Gasteiger partial charge in [-0.25, -0.2) is 9.37 Å². The van der Waals surface area contributed by atoms with Gasteiger partial charge in [0, 0.05) is 12.3 Å². The second-order valence-electron chi connectivity index (χ2n) is 2.62. The van der Waals surface area contributed by atoms with E-state index in [1.165, 1.54) is 6.20 Å². The first-order valence-corrected chi connectivity index (χ1v) is 4.18. The molecule has 0 aromatic carbocycles. The first kappa shape index (κ1) is 9.92. The Bertz CT molecular complexity index is 250. The van der Waals surface area contributed by atoms with Crippen LogP contribution in [0.4, 0.5) is 4.39 Å². The first-order chi connectivity index (χ1) is 6.27. The van der Waals surface area contributed by atoms with E-state index < -0.39 is 12.7 Å². The van der Waals surface area contributed by atoms with Gasteiger partial charge < -0.3 is 10.5 Å². The average Bonchev–Trinajstić information content (AvgIpc) is 2.18. The van der Waals surface area contributed by atoms with Crippen LogP contribution in [0.2, 0.25) is 0 Å². The van der Waals surface area contributed by atoms with Crippen molar-refractivity contribution in [1.82, 2.24) is 4.98 Å². The maximum atomic E-state index is 12.1. The van der Waals surface area contributed by atoms with E-state index in [4.69, 9.17) is 10.5 Å². The Morgan fingerprint density at radius 2 is 2.38 bits per heavy atom. The quantitative estimate of drug-likeness (QED) is 0.770. The van der Waals surface area contributed by atoms with E-state index in [0.717, 1.165) is 0 Å². The van der Waals surface area contributed by atoms with E-state index in [9.17, 15) is 4.39 Å². The van der Waals surface area contributed by atoms with Crippen molar-refractivity contribution in [2.24, 2.45) is 5.73 Å². The zero-order chi connectivity index (χ0) is 9.68. The summed E-state index contributed by atoms with van der Waals surface area (Å²) >= 11 is 0. The molecule has 0 radical (unpaired) electrons. The third-order valence-corrected chi connectivity index (χ3v) is 1.65. The molecule has 0 aliphatic rings. The molecule has 1 heterocycles. The van der Waals surface area contributed by atoms with Gasteiger partial charge in [0.25, 0.3) is 0 Å². The van der Waals surface area contributed by atoms with Gasteiger partial charge in [-0.2, -0.15) is 0 Å². The molecule has 13 heavy (non-hydrogen) atoms. The smallest absolute Gasteiger partial charge is 0.213 e. The van der Waals surface area contributed by atoms with E-state index in [1.54, 1.807) is 12.1 Å². The van der Waals surface area contributed by atoms with Crippen molar-refractivity contribution in [3.05, 3.63) is 23.9 Å². The van der Waals surface area contributed by atoms with Crippen molar-refractivity contribution in [2.45, 2.75) is 13.0 Å². The Kier molecular flexibility index (Phi) is 3.64. The van der Waals surface area contributed by atoms with Crippen LogP contribution in [0, 0.1) is 0 Å². The Labute approximate surface area is 76.7 Å². The zero-order valence-electron chi connectivity index (χ0n) is 7.53. The van der Waals surface area contributed by atoms with E-state index >= 15 is 0 Å². The predicted molar refractivity (Wildman–Crippen MR) is 48.3 cm³/mol. The lowest BCUT2D eigenvalue weighted by atomic mass is 10.1. The van der Waals surface area contributed by atoms with E-state index in [2.05, 4.69) is 4.98 Å². The second-order valence-corrected chi connectivity index (χ2v) is 2.62. The number of nitrogens with two attached hydrogens (primary N) is 1. The lowest BCUT2D eigenvalue weighted by molar-refractivity contribution is 0.326. The predicted octanol–water partition coefficient (Wildman–Crippen LogP) is 1.45. The van der Waals surface area contributed by atoms with Gasteiger partial charge in [-0.15, -0.1) is 0 Å². The van der Waals surface area contributed by atoms with E-state index in [0.29, 0.717) is 18.1 Å². The minimum Gasteiger partial charge on any atom is -0.478 e. The van der Waals surface area contributed by atoms with Crippen LogP contribution in [0.3, 0.4) is 0 Å². The van der Waals surface area contributed by atoms with Crippen molar-refractivity contribution in [2.75, 3.05) is 13.3 Å². The molecular weight excluding hydrogens is 171 g/mol. The molecule has 4 heteroatoms. The Morgan fingerprint density at radius 3 is 2.85 bits per heavy atom. The van der Waals surface area contributed by atoms with Crippen LogP contribution in [0.5, 0.6) is 5.88 Å². The fraction of sp³-hybridized carbons (Fsp3) is 0.444. The highest BCUT2D eigenvalue weighted by Gasteiger charge is 2.05. The van der Waals surface area contributed by atoms with Gasteiger partial charge in [0.2, 0.25) is 5.88 Å². The highest BCUT2D eigenvalue weighted by Crippen LogP contribution is 2.13. The first-order valence-electron chi connectivity index (χ1n) is 4.18. The van der Waals surface area contributed by atoms with Crippen molar-refractivity contribution in [3.8, 4) is 5.88 Å². The topological polar surface area (TPSA) is 48.1 Å². The van der Waals surface area contributed by atoms with Crippen LogP contribution in [0.25, 0.3) is 0 Å². The van der Waals surface area contributed by atoms with Gasteiger partial charge in [-0.3, -0.25) is 0 Å². The molecule has 0 amide bonds. The van der Waals surface area contributed by atoms with Crippen LogP contribution < -0.4 is 10.5 Å². The van der Waals surface area contributed by atoms with Gasteiger partial charge in [0.1, 0.15) is 6.67 Å². The molecule has 1 rings (SSSR count). The summed E-state index contributed by atoms with van der Waals surface area (Å²) in [5.41, 5.74) is 6.15. The van der Waals surface area contributed by atoms with Crippen molar-refractivity contribution in [3.63, 3.8) is 0 Å². The molecule has 0 spiro atoms. The van der Waals surface area contributed by atoms with Gasteiger partial charge in [0.05, 0.1) is 12.6 Å². The van der Waals surface area contributed by atoms with Gasteiger partial charge in [0.15, 0.2) is 0 Å². The summed E-state index contributed by atoms with van der Waals surface area (Å²) in [6.07, 6.45) is 1.54. The molecular formula is C9H13FN2O. The van der Waals surface area contributed by atoms with Crippen molar-refractivity contribution in [1.29, 1.82) is 0 Å². The summed E-state index contributed by atoms with van der Waals surface area (Å²) in [6, 6.07) is 2.83. The van der Waals surface area contributed by atoms with Crippen LogP contribution >= 0.6 is 0 Å². The number of hydrogen-bond donors (Lipinski definition) is 1. The lowest BCUT2D eigenvalue weighted by Gasteiger charge is -2.07. The summed E-state index contributed by atoms with van der Waals surface area (Å²) in [5, 5.41) is 0. The molecule has 0 aliphatic carbocycles. The second kappa shape index (κ2) is 4.77. The van der Waals surface area contributed by atoms with E-state index in [1.807, 2.05) is 6.92 Å². The normalized spacial score (nSPS) is 12.5. The summed E-state index contributed by atoms with van der Waals surface area (Å²) in [4.78, 5) is 3.97. The number of pyridine rings is 1. The largest absolute Gasteiger partial charge is 0.478 e. The number of rotatable bonds is 4. The number of halogens is 1. The SMILES string of the molecule is CCOc1ccc([C@@H](N)CF)cn1. The zero-order valence-corrected chi connectivity index (χ0v) is 7.53. The molecule has 0 bridgehead atoms. The van der Waals surface area contributed by atoms with Crippen LogP contribution in [-0.2, 0) is 0 Å². The minimum absolute atomic E-state index is 0.539. The lowest BCUT2D eigenvalue weighted by Crippen LogP contribution is -2.12. The molecule has 0 aliphatic heterocycles. The third kappa shape index (κ3) is 2.66. The van der Waals surface area contributed by atoms with Crippen molar-refractivity contribution < 1.29 is 9.13 Å². The fourth-order valence-electron chi connectivity index (χ4n) is 0.933. The maximum Gasteiger partial charge on any atom is 0.213 e. The molecule has 0 unspecified atom stereocenters. The summed E-state index contributed by atoms with van der Waals surface area (Å²) < 4.78 is 17.3. The Hall–Kier alpha value is -1.16. The standard InChI is InChI=1S/C9H13FN2O/c1-2-13-9-4-3-7(6-12-9)8(11)5-10/h3-4,6,8H,2,5,11H2,1H3/t8-/m0/s1. The number of nitrogens with zero attached hydrogens (tertiary/aromatic N) is 1. The third-order valence-electron chi connectivity index (χ3n) is 1.65. The maximum absolute atomic E-state index is 12.1. The van der Waals surface area contributed by atoms with Gasteiger partial charge >= 0.3 is 0 Å².